The Hall–Kier alpha value is -0.970. The maximum absolute atomic E-state index is 9.94. The summed E-state index contributed by atoms with van der Waals surface area (Å²) in [7, 11) is 0. The van der Waals surface area contributed by atoms with Crippen molar-refractivity contribution in [2.75, 3.05) is 0 Å². The Kier molecular flexibility index (Phi) is 2.98. The fraction of sp³-hybridized carbons (Fsp3) is 0.273. The molecule has 68 valence electrons. The molecule has 0 aliphatic carbocycles. The third-order valence-corrected chi connectivity index (χ3v) is 2.23. The highest BCUT2D eigenvalue weighted by Crippen LogP contribution is 2.29. The van der Waals surface area contributed by atoms with Gasteiger partial charge in [-0.05, 0) is 13.0 Å². The molecule has 0 heterocycles. The number of hydrogen-bond acceptors (Lipinski definition) is 1. The monoisotopic (exact) mass is 194 g/mol. The standard InChI is InChI=1S/C11H11ClO/c1-3-8-11(2,13)9-6-4-5-7-10(9)12/h1,4-7,13H,8H2,2H3/t11-/m0/s1. The Labute approximate surface area is 83.4 Å². The van der Waals surface area contributed by atoms with Crippen LogP contribution in [0.3, 0.4) is 0 Å². The maximum Gasteiger partial charge on any atom is 0.0991 e. The molecule has 1 atom stereocenters. The molecule has 0 spiro atoms. The minimum Gasteiger partial charge on any atom is -0.384 e. The van der Waals surface area contributed by atoms with Crippen molar-refractivity contribution in [2.45, 2.75) is 18.9 Å². The zero-order chi connectivity index (χ0) is 9.90. The summed E-state index contributed by atoms with van der Waals surface area (Å²) in [5.41, 5.74) is -0.359. The fourth-order valence-electron chi connectivity index (χ4n) is 1.19. The SMILES string of the molecule is C#CC[C@](C)(O)c1ccccc1Cl. The van der Waals surface area contributed by atoms with E-state index in [9.17, 15) is 5.11 Å². The number of aliphatic hydroxyl groups is 1. The van der Waals surface area contributed by atoms with Gasteiger partial charge in [0.1, 0.15) is 0 Å². The average molecular weight is 195 g/mol. The van der Waals surface area contributed by atoms with Gasteiger partial charge < -0.3 is 5.11 Å². The number of rotatable bonds is 2. The Morgan fingerprint density at radius 2 is 2.15 bits per heavy atom. The first-order chi connectivity index (χ1) is 6.08. The lowest BCUT2D eigenvalue weighted by atomic mass is 9.93. The van der Waals surface area contributed by atoms with Gasteiger partial charge in [0.05, 0.1) is 5.60 Å². The number of terminal acetylenes is 1. The van der Waals surface area contributed by atoms with Crippen molar-refractivity contribution in [1.29, 1.82) is 0 Å². The van der Waals surface area contributed by atoms with Crippen molar-refractivity contribution >= 4 is 11.6 Å². The molecule has 0 saturated heterocycles. The Balaban J connectivity index is 3.08. The summed E-state index contributed by atoms with van der Waals surface area (Å²) in [6.45, 7) is 1.66. The van der Waals surface area contributed by atoms with Gasteiger partial charge in [-0.3, -0.25) is 0 Å². The van der Waals surface area contributed by atoms with Gasteiger partial charge in [-0.2, -0.15) is 0 Å². The molecule has 0 aliphatic heterocycles. The van der Waals surface area contributed by atoms with Gasteiger partial charge in [0.15, 0.2) is 0 Å². The van der Waals surface area contributed by atoms with Gasteiger partial charge in [-0.1, -0.05) is 29.8 Å². The van der Waals surface area contributed by atoms with E-state index < -0.39 is 5.60 Å². The lowest BCUT2D eigenvalue weighted by Gasteiger charge is -2.22. The molecule has 0 aliphatic rings. The predicted octanol–water partition coefficient (Wildman–Crippen LogP) is 2.57. The molecule has 1 aromatic carbocycles. The van der Waals surface area contributed by atoms with Gasteiger partial charge in [0, 0.05) is 17.0 Å². The van der Waals surface area contributed by atoms with E-state index in [4.69, 9.17) is 18.0 Å². The number of benzene rings is 1. The topological polar surface area (TPSA) is 20.2 Å². The molecule has 0 aromatic heterocycles. The molecule has 13 heavy (non-hydrogen) atoms. The van der Waals surface area contributed by atoms with Crippen LogP contribution in [-0.4, -0.2) is 5.11 Å². The summed E-state index contributed by atoms with van der Waals surface area (Å²) in [6.07, 6.45) is 5.41. The highest BCUT2D eigenvalue weighted by molar-refractivity contribution is 6.31. The van der Waals surface area contributed by atoms with Crippen molar-refractivity contribution in [2.24, 2.45) is 0 Å². The van der Waals surface area contributed by atoms with Gasteiger partial charge in [-0.15, -0.1) is 12.3 Å². The quantitative estimate of drug-likeness (QED) is 0.718. The Bertz CT molecular complexity index is 336. The van der Waals surface area contributed by atoms with Crippen molar-refractivity contribution in [3.05, 3.63) is 34.9 Å². The van der Waals surface area contributed by atoms with Gasteiger partial charge >= 0.3 is 0 Å². The van der Waals surface area contributed by atoms with Crippen LogP contribution in [0.5, 0.6) is 0 Å². The van der Waals surface area contributed by atoms with Crippen molar-refractivity contribution in [3.63, 3.8) is 0 Å². The van der Waals surface area contributed by atoms with E-state index in [0.717, 1.165) is 0 Å². The molecule has 2 heteroatoms. The first-order valence-electron chi connectivity index (χ1n) is 3.99. The second-order valence-electron chi connectivity index (χ2n) is 3.13. The third-order valence-electron chi connectivity index (χ3n) is 1.90. The van der Waals surface area contributed by atoms with E-state index in [1.54, 1.807) is 19.1 Å². The third kappa shape index (κ3) is 2.24. The van der Waals surface area contributed by atoms with Crippen LogP contribution in [0, 0.1) is 12.3 Å². The maximum atomic E-state index is 9.94. The molecule has 0 fully saturated rings. The molecule has 1 rings (SSSR count). The normalized spacial score (nSPS) is 14.6. The van der Waals surface area contributed by atoms with Gasteiger partial charge in [0.2, 0.25) is 0 Å². The summed E-state index contributed by atoms with van der Waals surface area (Å²) in [6, 6.07) is 7.16. The predicted molar refractivity (Wildman–Crippen MR) is 54.5 cm³/mol. The summed E-state index contributed by atoms with van der Waals surface area (Å²) < 4.78 is 0. The van der Waals surface area contributed by atoms with Crippen molar-refractivity contribution in [1.82, 2.24) is 0 Å². The van der Waals surface area contributed by atoms with Crippen LogP contribution in [0.1, 0.15) is 18.9 Å². The Morgan fingerprint density at radius 3 is 2.69 bits per heavy atom. The molecule has 0 unspecified atom stereocenters. The minimum atomic E-state index is -1.03. The average Bonchev–Trinajstić information content (AvgIpc) is 2.04. The van der Waals surface area contributed by atoms with Gasteiger partial charge in [0.25, 0.3) is 0 Å². The largest absolute Gasteiger partial charge is 0.384 e. The summed E-state index contributed by atoms with van der Waals surface area (Å²) >= 11 is 5.92. The van der Waals surface area contributed by atoms with Crippen molar-refractivity contribution in [3.8, 4) is 12.3 Å². The summed E-state index contributed by atoms with van der Waals surface area (Å²) in [5.74, 6) is 2.43. The van der Waals surface area contributed by atoms with Crippen LogP contribution in [0.15, 0.2) is 24.3 Å². The number of hydrogen-bond donors (Lipinski definition) is 1. The van der Waals surface area contributed by atoms with E-state index in [-0.39, 0.29) is 6.42 Å². The molecule has 0 radical (unpaired) electrons. The van der Waals surface area contributed by atoms with Crippen LogP contribution < -0.4 is 0 Å². The molecule has 0 amide bonds. The Morgan fingerprint density at radius 1 is 1.54 bits per heavy atom. The van der Waals surface area contributed by atoms with Gasteiger partial charge in [-0.25, -0.2) is 0 Å². The molecular weight excluding hydrogens is 184 g/mol. The molecule has 0 bridgehead atoms. The van der Waals surface area contributed by atoms with E-state index in [2.05, 4.69) is 5.92 Å². The van der Waals surface area contributed by atoms with Crippen LogP contribution >= 0.6 is 11.6 Å². The van der Waals surface area contributed by atoms with E-state index in [1.165, 1.54) is 0 Å². The first kappa shape index (κ1) is 10.1. The van der Waals surface area contributed by atoms with Crippen LogP contribution in [0.25, 0.3) is 0 Å². The molecule has 0 saturated carbocycles. The molecular formula is C11H11ClO. The minimum absolute atomic E-state index is 0.261. The second kappa shape index (κ2) is 3.83. The zero-order valence-corrected chi connectivity index (χ0v) is 8.17. The van der Waals surface area contributed by atoms with E-state index >= 15 is 0 Å². The lowest BCUT2D eigenvalue weighted by Crippen LogP contribution is -2.20. The summed E-state index contributed by atoms with van der Waals surface area (Å²) in [5, 5.41) is 10.5. The molecule has 1 N–H and O–H groups in total. The second-order valence-corrected chi connectivity index (χ2v) is 3.54. The van der Waals surface area contributed by atoms with Crippen LogP contribution in [0.4, 0.5) is 0 Å². The van der Waals surface area contributed by atoms with Crippen LogP contribution in [0.2, 0.25) is 5.02 Å². The van der Waals surface area contributed by atoms with Crippen molar-refractivity contribution < 1.29 is 5.11 Å². The number of halogens is 1. The molecule has 1 aromatic rings. The summed E-state index contributed by atoms with van der Waals surface area (Å²) in [4.78, 5) is 0. The fourth-order valence-corrected chi connectivity index (χ4v) is 1.53. The highest BCUT2D eigenvalue weighted by Gasteiger charge is 2.23. The van der Waals surface area contributed by atoms with E-state index in [1.807, 2.05) is 12.1 Å². The highest BCUT2D eigenvalue weighted by atomic mass is 35.5. The lowest BCUT2D eigenvalue weighted by molar-refractivity contribution is 0.0631. The van der Waals surface area contributed by atoms with Crippen LogP contribution in [-0.2, 0) is 5.60 Å². The zero-order valence-electron chi connectivity index (χ0n) is 7.42. The smallest absolute Gasteiger partial charge is 0.0991 e. The first-order valence-corrected chi connectivity index (χ1v) is 4.36. The molecule has 1 nitrogen and oxygen atoms in total. The van der Waals surface area contributed by atoms with E-state index in [0.29, 0.717) is 10.6 Å².